The van der Waals surface area contributed by atoms with Gasteiger partial charge in [0.15, 0.2) is 5.82 Å². The van der Waals surface area contributed by atoms with Gasteiger partial charge < -0.3 is 15.0 Å². The van der Waals surface area contributed by atoms with E-state index in [-0.39, 0.29) is 10.9 Å². The second kappa shape index (κ2) is 6.09. The van der Waals surface area contributed by atoms with E-state index in [1.807, 2.05) is 0 Å². The molecule has 0 radical (unpaired) electrons. The van der Waals surface area contributed by atoms with Crippen LogP contribution in [0.15, 0.2) is 22.7 Å². The first kappa shape index (κ1) is 14.4. The van der Waals surface area contributed by atoms with Crippen LogP contribution in [-0.4, -0.2) is 22.9 Å². The van der Waals surface area contributed by atoms with Gasteiger partial charge in [-0.3, -0.25) is 0 Å². The van der Waals surface area contributed by atoms with Crippen molar-refractivity contribution in [3.63, 3.8) is 0 Å². The maximum atomic E-state index is 13.4. The topological polar surface area (TPSA) is 74.2 Å². The third-order valence-corrected chi connectivity index (χ3v) is 3.81. The summed E-state index contributed by atoms with van der Waals surface area (Å²) in [7, 11) is 0. The Balaban J connectivity index is 1.68. The van der Waals surface area contributed by atoms with Gasteiger partial charge in [-0.2, -0.15) is 4.98 Å². The van der Waals surface area contributed by atoms with E-state index in [2.05, 4.69) is 10.1 Å². The molecule has 1 aromatic carbocycles. The Kier molecular flexibility index (Phi) is 4.19. The highest BCUT2D eigenvalue weighted by molar-refractivity contribution is 6.30. The Morgan fingerprint density at radius 3 is 2.95 bits per heavy atom. The highest BCUT2D eigenvalue weighted by Crippen LogP contribution is 2.25. The largest absolute Gasteiger partial charge is 0.376 e. The van der Waals surface area contributed by atoms with E-state index < -0.39 is 11.9 Å². The van der Waals surface area contributed by atoms with Crippen LogP contribution in [0.4, 0.5) is 4.39 Å². The summed E-state index contributed by atoms with van der Waals surface area (Å²) in [5.74, 6) is 0.0193. The first-order valence-corrected chi connectivity index (χ1v) is 7.17. The predicted molar refractivity (Wildman–Crippen MR) is 75.2 cm³/mol. The van der Waals surface area contributed by atoms with Crippen LogP contribution in [0.1, 0.15) is 31.1 Å². The number of nitrogens with zero attached hydrogens (tertiary/aromatic N) is 2. The van der Waals surface area contributed by atoms with Crippen molar-refractivity contribution >= 4 is 11.6 Å². The molecule has 1 aliphatic rings. The molecule has 2 aromatic rings. The average molecular weight is 312 g/mol. The summed E-state index contributed by atoms with van der Waals surface area (Å²) in [4.78, 5) is 4.18. The smallest absolute Gasteiger partial charge is 0.258 e. The van der Waals surface area contributed by atoms with Gasteiger partial charge in [0.05, 0.1) is 23.8 Å². The number of benzene rings is 1. The fraction of sp³-hybridized carbons (Fsp3) is 0.429. The second-order valence-corrected chi connectivity index (χ2v) is 5.49. The van der Waals surface area contributed by atoms with Gasteiger partial charge in [0.1, 0.15) is 5.82 Å². The Morgan fingerprint density at radius 2 is 2.29 bits per heavy atom. The molecule has 0 spiro atoms. The molecule has 21 heavy (non-hydrogen) atoms. The monoisotopic (exact) mass is 311 g/mol. The van der Waals surface area contributed by atoms with Crippen molar-refractivity contribution in [2.45, 2.75) is 31.4 Å². The van der Waals surface area contributed by atoms with Crippen molar-refractivity contribution < 1.29 is 13.7 Å². The lowest BCUT2D eigenvalue weighted by atomic mass is 9.96. The molecule has 1 saturated carbocycles. The van der Waals surface area contributed by atoms with Crippen LogP contribution >= 0.6 is 11.6 Å². The summed E-state index contributed by atoms with van der Waals surface area (Å²) in [5.41, 5.74) is 6.42. The van der Waals surface area contributed by atoms with Gasteiger partial charge >= 0.3 is 0 Å². The molecule has 112 valence electrons. The van der Waals surface area contributed by atoms with Gasteiger partial charge in [-0.15, -0.1) is 0 Å². The normalized spacial score (nSPS) is 16.7. The lowest BCUT2D eigenvalue weighted by Gasteiger charge is -2.26. The van der Waals surface area contributed by atoms with Gasteiger partial charge in [0, 0.05) is 5.56 Å². The molecule has 0 amide bonds. The first-order chi connectivity index (χ1) is 10.1. The number of hydrogen-bond acceptors (Lipinski definition) is 5. The zero-order valence-electron chi connectivity index (χ0n) is 11.3. The molecule has 7 heteroatoms. The van der Waals surface area contributed by atoms with E-state index in [0.29, 0.717) is 24.1 Å². The minimum absolute atomic E-state index is 0.0455. The molecular weight excluding hydrogens is 297 g/mol. The first-order valence-electron chi connectivity index (χ1n) is 6.79. The number of rotatable bonds is 5. The standard InChI is InChI=1S/C14H15ClFN3O2/c15-10-5-4-8(6-11(10)16)14-18-13(19-21-14)12(17)7-20-9-2-1-3-9/h4-6,9,12H,1-3,7,17H2. The Bertz CT molecular complexity index is 630. The van der Waals surface area contributed by atoms with Crippen molar-refractivity contribution in [3.05, 3.63) is 34.9 Å². The highest BCUT2D eigenvalue weighted by atomic mass is 35.5. The molecule has 3 rings (SSSR count). The van der Waals surface area contributed by atoms with E-state index in [1.165, 1.54) is 18.6 Å². The minimum Gasteiger partial charge on any atom is -0.376 e. The molecule has 1 heterocycles. The van der Waals surface area contributed by atoms with Gasteiger partial charge in [-0.1, -0.05) is 16.8 Å². The van der Waals surface area contributed by atoms with Crippen LogP contribution in [0.3, 0.4) is 0 Å². The maximum absolute atomic E-state index is 13.4. The molecule has 1 aliphatic carbocycles. The maximum Gasteiger partial charge on any atom is 0.258 e. The summed E-state index contributed by atoms with van der Waals surface area (Å²) in [6.07, 6.45) is 3.66. The lowest BCUT2D eigenvalue weighted by Crippen LogP contribution is -2.27. The van der Waals surface area contributed by atoms with Crippen LogP contribution in [0.2, 0.25) is 5.02 Å². The van der Waals surface area contributed by atoms with Gasteiger partial charge in [-0.25, -0.2) is 4.39 Å². The molecule has 0 aliphatic heterocycles. The van der Waals surface area contributed by atoms with Crippen LogP contribution < -0.4 is 5.73 Å². The Labute approximate surface area is 126 Å². The molecule has 0 bridgehead atoms. The fourth-order valence-electron chi connectivity index (χ4n) is 1.98. The van der Waals surface area contributed by atoms with Crippen molar-refractivity contribution in [1.82, 2.24) is 10.1 Å². The van der Waals surface area contributed by atoms with Gasteiger partial charge in [0.2, 0.25) is 0 Å². The minimum atomic E-state index is -0.536. The van der Waals surface area contributed by atoms with Crippen molar-refractivity contribution in [3.8, 4) is 11.5 Å². The number of halogens is 2. The highest BCUT2D eigenvalue weighted by Gasteiger charge is 2.21. The van der Waals surface area contributed by atoms with E-state index in [9.17, 15) is 4.39 Å². The molecular formula is C14H15ClFN3O2. The van der Waals surface area contributed by atoms with Crippen molar-refractivity contribution in [1.29, 1.82) is 0 Å². The molecule has 1 fully saturated rings. The lowest BCUT2D eigenvalue weighted by molar-refractivity contribution is -0.00549. The van der Waals surface area contributed by atoms with Crippen LogP contribution in [0.25, 0.3) is 11.5 Å². The average Bonchev–Trinajstić information content (AvgIpc) is 2.89. The SMILES string of the molecule is NC(COC1CCC1)c1noc(-c2ccc(Cl)c(F)c2)n1. The van der Waals surface area contributed by atoms with E-state index in [4.69, 9.17) is 26.6 Å². The zero-order valence-corrected chi connectivity index (χ0v) is 12.0. The summed E-state index contributed by atoms with van der Waals surface area (Å²) >= 11 is 5.64. The summed E-state index contributed by atoms with van der Waals surface area (Å²) in [6.45, 7) is 0.346. The molecule has 5 nitrogen and oxygen atoms in total. The Morgan fingerprint density at radius 1 is 1.48 bits per heavy atom. The third-order valence-electron chi connectivity index (χ3n) is 3.50. The molecule has 0 saturated heterocycles. The number of hydrogen-bond donors (Lipinski definition) is 1. The van der Waals surface area contributed by atoms with Crippen LogP contribution in [-0.2, 0) is 4.74 Å². The zero-order chi connectivity index (χ0) is 14.8. The fourth-order valence-corrected chi connectivity index (χ4v) is 2.10. The molecule has 2 N–H and O–H groups in total. The number of ether oxygens (including phenoxy) is 1. The van der Waals surface area contributed by atoms with E-state index in [1.54, 1.807) is 6.07 Å². The summed E-state index contributed by atoms with van der Waals surface area (Å²) < 4.78 is 24.1. The number of aromatic nitrogens is 2. The third kappa shape index (κ3) is 3.23. The van der Waals surface area contributed by atoms with Gasteiger partial charge in [-0.05, 0) is 37.5 Å². The van der Waals surface area contributed by atoms with E-state index in [0.717, 1.165) is 12.8 Å². The van der Waals surface area contributed by atoms with Crippen LogP contribution in [0.5, 0.6) is 0 Å². The molecule has 1 unspecified atom stereocenters. The summed E-state index contributed by atoms with van der Waals surface area (Å²) in [6, 6.07) is 3.84. The second-order valence-electron chi connectivity index (χ2n) is 5.08. The van der Waals surface area contributed by atoms with Crippen molar-refractivity contribution in [2.75, 3.05) is 6.61 Å². The van der Waals surface area contributed by atoms with Crippen molar-refractivity contribution in [2.24, 2.45) is 5.73 Å². The molecule has 1 aromatic heterocycles. The predicted octanol–water partition coefficient (Wildman–Crippen LogP) is 3.10. The quantitative estimate of drug-likeness (QED) is 0.918. The summed E-state index contributed by atoms with van der Waals surface area (Å²) in [5, 5.41) is 3.87. The van der Waals surface area contributed by atoms with Gasteiger partial charge in [0.25, 0.3) is 5.89 Å². The number of nitrogens with two attached hydrogens (primary N) is 1. The van der Waals surface area contributed by atoms with E-state index >= 15 is 0 Å². The Hall–Kier alpha value is -1.50. The van der Waals surface area contributed by atoms with Crippen LogP contribution in [0, 0.1) is 5.82 Å². The molecule has 1 atom stereocenters.